The molecule has 0 spiro atoms. The van der Waals surface area contributed by atoms with E-state index in [2.05, 4.69) is 9.36 Å². The smallest absolute Gasteiger partial charge is 0.323 e. The molecule has 6 heteroatoms. The lowest BCUT2D eigenvalue weighted by atomic mass is 10.2. The van der Waals surface area contributed by atoms with E-state index in [0.29, 0.717) is 23.4 Å². The topological polar surface area (TPSA) is 66.3 Å². The average molecular weight is 229 g/mol. The summed E-state index contributed by atoms with van der Waals surface area (Å²) in [4.78, 5) is 16.6. The summed E-state index contributed by atoms with van der Waals surface area (Å²) in [7, 11) is 0. The fourth-order valence-corrected chi connectivity index (χ4v) is 1.91. The molecular formula is C9H15N3O2S. The minimum Gasteiger partial charge on any atom is -0.480 e. The first-order valence-corrected chi connectivity index (χ1v) is 5.53. The third-order valence-electron chi connectivity index (χ3n) is 1.70. The Morgan fingerprint density at radius 1 is 1.60 bits per heavy atom. The van der Waals surface area contributed by atoms with Crippen LogP contribution in [0.4, 0.5) is 5.13 Å². The second-order valence-corrected chi connectivity index (χ2v) is 4.52. The van der Waals surface area contributed by atoms with Crippen molar-refractivity contribution in [2.24, 2.45) is 5.92 Å². The Balaban J connectivity index is 2.75. The molecule has 0 unspecified atom stereocenters. The van der Waals surface area contributed by atoms with E-state index in [0.717, 1.165) is 0 Å². The maximum atomic E-state index is 10.7. The molecule has 0 atom stereocenters. The zero-order valence-corrected chi connectivity index (χ0v) is 9.91. The van der Waals surface area contributed by atoms with Gasteiger partial charge >= 0.3 is 5.97 Å². The van der Waals surface area contributed by atoms with Gasteiger partial charge in [-0.05, 0) is 12.8 Å². The SMILES string of the molecule is Cc1nsc(N(CC(=O)O)CC(C)C)n1. The minimum absolute atomic E-state index is 0.0210. The number of aromatic nitrogens is 2. The van der Waals surface area contributed by atoms with Crippen molar-refractivity contribution in [1.29, 1.82) is 0 Å². The van der Waals surface area contributed by atoms with E-state index in [1.54, 1.807) is 11.8 Å². The molecule has 0 radical (unpaired) electrons. The van der Waals surface area contributed by atoms with Gasteiger partial charge in [-0.25, -0.2) is 4.98 Å². The minimum atomic E-state index is -0.844. The first kappa shape index (κ1) is 11.9. The highest BCUT2D eigenvalue weighted by Gasteiger charge is 2.15. The fraction of sp³-hybridized carbons (Fsp3) is 0.667. The van der Waals surface area contributed by atoms with Crippen LogP contribution < -0.4 is 4.90 Å². The van der Waals surface area contributed by atoms with E-state index >= 15 is 0 Å². The van der Waals surface area contributed by atoms with Crippen molar-refractivity contribution < 1.29 is 9.90 Å². The normalized spacial score (nSPS) is 10.7. The Hall–Kier alpha value is -1.17. The third kappa shape index (κ3) is 3.83. The molecule has 1 rings (SSSR count). The van der Waals surface area contributed by atoms with Crippen LogP contribution in [0, 0.1) is 12.8 Å². The summed E-state index contributed by atoms with van der Waals surface area (Å²) in [6.45, 7) is 6.55. The van der Waals surface area contributed by atoms with Gasteiger partial charge in [-0.15, -0.1) is 0 Å². The van der Waals surface area contributed by atoms with E-state index in [4.69, 9.17) is 5.11 Å². The predicted molar refractivity (Wildman–Crippen MR) is 59.3 cm³/mol. The zero-order chi connectivity index (χ0) is 11.4. The number of hydrogen-bond acceptors (Lipinski definition) is 5. The van der Waals surface area contributed by atoms with Gasteiger partial charge in [0.1, 0.15) is 12.4 Å². The zero-order valence-electron chi connectivity index (χ0n) is 9.10. The molecule has 0 aliphatic rings. The second kappa shape index (κ2) is 5.06. The monoisotopic (exact) mass is 229 g/mol. The molecule has 84 valence electrons. The van der Waals surface area contributed by atoms with Crippen molar-refractivity contribution in [3.8, 4) is 0 Å². The Labute approximate surface area is 92.9 Å². The summed E-state index contributed by atoms with van der Waals surface area (Å²) >= 11 is 1.24. The first-order valence-electron chi connectivity index (χ1n) is 4.76. The number of nitrogens with zero attached hydrogens (tertiary/aromatic N) is 3. The number of carboxylic acid groups (broad SMARTS) is 1. The largest absolute Gasteiger partial charge is 0.480 e. The van der Waals surface area contributed by atoms with E-state index in [9.17, 15) is 4.79 Å². The number of hydrogen-bond donors (Lipinski definition) is 1. The van der Waals surface area contributed by atoms with Crippen LogP contribution in [-0.2, 0) is 4.79 Å². The summed E-state index contributed by atoms with van der Waals surface area (Å²) in [6.07, 6.45) is 0. The van der Waals surface area contributed by atoms with Gasteiger partial charge in [0.25, 0.3) is 0 Å². The summed E-state index contributed by atoms with van der Waals surface area (Å²) in [5.41, 5.74) is 0. The number of aryl methyl sites for hydroxylation is 1. The van der Waals surface area contributed by atoms with Crippen molar-refractivity contribution in [3.05, 3.63) is 5.82 Å². The second-order valence-electron chi connectivity index (χ2n) is 3.79. The van der Waals surface area contributed by atoms with Gasteiger partial charge in [0.05, 0.1) is 0 Å². The highest BCUT2D eigenvalue weighted by Crippen LogP contribution is 2.17. The maximum Gasteiger partial charge on any atom is 0.323 e. The molecule has 0 bridgehead atoms. The average Bonchev–Trinajstić information content (AvgIpc) is 2.48. The van der Waals surface area contributed by atoms with Crippen molar-refractivity contribution in [2.45, 2.75) is 20.8 Å². The summed E-state index contributed by atoms with van der Waals surface area (Å²) in [5, 5.41) is 9.46. The van der Waals surface area contributed by atoms with Crippen LogP contribution in [-0.4, -0.2) is 33.5 Å². The van der Waals surface area contributed by atoms with Gasteiger partial charge in [-0.2, -0.15) is 4.37 Å². The van der Waals surface area contributed by atoms with E-state index in [1.807, 2.05) is 13.8 Å². The lowest BCUT2D eigenvalue weighted by Crippen LogP contribution is -2.32. The number of aliphatic carboxylic acids is 1. The number of rotatable bonds is 5. The molecule has 0 saturated carbocycles. The van der Waals surface area contributed by atoms with Gasteiger partial charge in [0, 0.05) is 18.1 Å². The summed E-state index contributed by atoms with van der Waals surface area (Å²) < 4.78 is 4.05. The van der Waals surface area contributed by atoms with E-state index in [1.165, 1.54) is 11.5 Å². The van der Waals surface area contributed by atoms with Crippen LogP contribution in [0.25, 0.3) is 0 Å². The predicted octanol–water partition coefficient (Wildman–Crippen LogP) is 1.39. The Morgan fingerprint density at radius 3 is 2.67 bits per heavy atom. The molecule has 1 aromatic heterocycles. The van der Waals surface area contributed by atoms with Crippen molar-refractivity contribution in [3.63, 3.8) is 0 Å². The maximum absolute atomic E-state index is 10.7. The Bertz CT molecular complexity index is 338. The van der Waals surface area contributed by atoms with E-state index < -0.39 is 5.97 Å². The molecular weight excluding hydrogens is 214 g/mol. The molecule has 0 aliphatic heterocycles. The standard InChI is InChI=1S/C9H15N3O2S/c1-6(2)4-12(5-8(13)14)9-10-7(3)11-15-9/h6H,4-5H2,1-3H3,(H,13,14). The fourth-order valence-electron chi connectivity index (χ4n) is 1.23. The quantitative estimate of drug-likeness (QED) is 0.826. The van der Waals surface area contributed by atoms with Crippen LogP contribution in [0.15, 0.2) is 0 Å². The van der Waals surface area contributed by atoms with Gasteiger partial charge in [-0.1, -0.05) is 13.8 Å². The lowest BCUT2D eigenvalue weighted by molar-refractivity contribution is -0.135. The van der Waals surface area contributed by atoms with Gasteiger partial charge in [0.2, 0.25) is 5.13 Å². The van der Waals surface area contributed by atoms with Gasteiger partial charge < -0.3 is 10.0 Å². The lowest BCUT2D eigenvalue weighted by Gasteiger charge is -2.20. The molecule has 1 N–H and O–H groups in total. The molecule has 0 fully saturated rings. The van der Waals surface area contributed by atoms with Crippen LogP contribution in [0.5, 0.6) is 0 Å². The Kier molecular flexibility index (Phi) is 4.02. The third-order valence-corrected chi connectivity index (χ3v) is 2.57. The highest BCUT2D eigenvalue weighted by atomic mass is 32.1. The molecule has 0 amide bonds. The first-order chi connectivity index (χ1) is 6.99. The molecule has 15 heavy (non-hydrogen) atoms. The van der Waals surface area contributed by atoms with E-state index in [-0.39, 0.29) is 6.54 Å². The number of anilines is 1. The molecule has 1 heterocycles. The molecule has 5 nitrogen and oxygen atoms in total. The van der Waals surface area contributed by atoms with Crippen molar-refractivity contribution in [2.75, 3.05) is 18.0 Å². The van der Waals surface area contributed by atoms with Gasteiger partial charge in [0.15, 0.2) is 0 Å². The van der Waals surface area contributed by atoms with Crippen molar-refractivity contribution in [1.82, 2.24) is 9.36 Å². The van der Waals surface area contributed by atoms with Crippen LogP contribution in [0.3, 0.4) is 0 Å². The van der Waals surface area contributed by atoms with Crippen molar-refractivity contribution >= 4 is 22.6 Å². The molecule has 0 aromatic carbocycles. The molecule has 0 aliphatic carbocycles. The van der Waals surface area contributed by atoms with Crippen LogP contribution in [0.2, 0.25) is 0 Å². The van der Waals surface area contributed by atoms with Gasteiger partial charge in [-0.3, -0.25) is 4.79 Å². The molecule has 1 aromatic rings. The highest BCUT2D eigenvalue weighted by molar-refractivity contribution is 7.09. The van der Waals surface area contributed by atoms with Crippen LogP contribution in [0.1, 0.15) is 19.7 Å². The molecule has 0 saturated heterocycles. The summed E-state index contributed by atoms with van der Waals surface area (Å²) in [6, 6.07) is 0. The summed E-state index contributed by atoms with van der Waals surface area (Å²) in [5.74, 6) is 0.242. The number of carbonyl (C=O) groups is 1. The number of carboxylic acids is 1. The van der Waals surface area contributed by atoms with Crippen LogP contribution >= 0.6 is 11.5 Å². The Morgan fingerprint density at radius 2 is 2.27 bits per heavy atom.